The summed E-state index contributed by atoms with van der Waals surface area (Å²) in [6.45, 7) is 0. The van der Waals surface area contributed by atoms with E-state index in [0.29, 0.717) is 0 Å². The summed E-state index contributed by atoms with van der Waals surface area (Å²) < 4.78 is 0. The van der Waals surface area contributed by atoms with Crippen molar-refractivity contribution in [2.75, 3.05) is 0 Å². The van der Waals surface area contributed by atoms with E-state index < -0.39 is 5.54 Å². The van der Waals surface area contributed by atoms with Crippen molar-refractivity contribution in [3.8, 4) is 0 Å². The molecular formula is C16H21NO. The van der Waals surface area contributed by atoms with Crippen LogP contribution < -0.4 is 5.73 Å². The quantitative estimate of drug-likeness (QED) is 0.652. The van der Waals surface area contributed by atoms with Gasteiger partial charge in [-0.2, -0.15) is 0 Å². The zero-order valence-corrected chi connectivity index (χ0v) is 10.8. The van der Waals surface area contributed by atoms with Crippen LogP contribution in [0.15, 0.2) is 42.0 Å². The van der Waals surface area contributed by atoms with Gasteiger partial charge < -0.3 is 10.5 Å². The van der Waals surface area contributed by atoms with Crippen LogP contribution in [-0.4, -0.2) is 11.8 Å². The molecule has 1 aliphatic carbocycles. The summed E-state index contributed by atoms with van der Waals surface area (Å²) >= 11 is 0. The largest absolute Gasteiger partial charge is 0.319 e. The van der Waals surface area contributed by atoms with Crippen LogP contribution in [0.4, 0.5) is 0 Å². The lowest BCUT2D eigenvalue weighted by molar-refractivity contribution is -0.112. The number of nitrogens with two attached hydrogens (primary N) is 1. The second-order valence-electron chi connectivity index (χ2n) is 5.24. The molecule has 0 bridgehead atoms. The second kappa shape index (κ2) is 5.96. The van der Waals surface area contributed by atoms with Gasteiger partial charge in [0.2, 0.25) is 0 Å². The van der Waals surface area contributed by atoms with E-state index in [1.54, 1.807) is 0 Å². The fourth-order valence-electron chi connectivity index (χ4n) is 2.45. The number of hydrogen-bond acceptors (Lipinski definition) is 2. The first-order chi connectivity index (χ1) is 8.72. The van der Waals surface area contributed by atoms with E-state index in [9.17, 15) is 4.79 Å². The lowest BCUT2D eigenvalue weighted by atomic mass is 9.81. The Morgan fingerprint density at radius 1 is 1.17 bits per heavy atom. The van der Waals surface area contributed by atoms with Crippen molar-refractivity contribution in [2.24, 2.45) is 5.73 Å². The predicted octanol–water partition coefficient (Wildman–Crippen LogP) is 3.02. The molecule has 0 aliphatic heterocycles. The summed E-state index contributed by atoms with van der Waals surface area (Å²) in [5.41, 5.74) is 8.23. The van der Waals surface area contributed by atoms with Gasteiger partial charge in [-0.25, -0.2) is 0 Å². The summed E-state index contributed by atoms with van der Waals surface area (Å²) in [5, 5.41) is 0. The van der Waals surface area contributed by atoms with Crippen molar-refractivity contribution in [3.63, 3.8) is 0 Å². The molecule has 1 aliphatic rings. The monoisotopic (exact) mass is 243 g/mol. The third-order valence-electron chi connectivity index (χ3n) is 3.77. The van der Waals surface area contributed by atoms with Crippen LogP contribution in [0, 0.1) is 0 Å². The van der Waals surface area contributed by atoms with E-state index in [2.05, 4.69) is 30.3 Å². The van der Waals surface area contributed by atoms with E-state index in [0.717, 1.165) is 44.8 Å². The van der Waals surface area contributed by atoms with Crippen molar-refractivity contribution < 1.29 is 4.79 Å². The molecule has 1 saturated carbocycles. The molecule has 2 rings (SSSR count). The number of carbonyl (C=O) groups excluding carboxylic acids is 1. The molecule has 2 nitrogen and oxygen atoms in total. The number of benzene rings is 1. The van der Waals surface area contributed by atoms with Crippen LogP contribution in [0.25, 0.3) is 0 Å². The van der Waals surface area contributed by atoms with E-state index in [-0.39, 0.29) is 0 Å². The van der Waals surface area contributed by atoms with E-state index in [1.807, 2.05) is 6.07 Å². The molecule has 1 aromatic carbocycles. The molecular weight excluding hydrogens is 222 g/mol. The smallest absolute Gasteiger partial charge is 0.139 e. The fraction of sp³-hybridized carbons (Fsp3) is 0.438. The van der Waals surface area contributed by atoms with Crippen molar-refractivity contribution in [1.82, 2.24) is 0 Å². The third-order valence-corrected chi connectivity index (χ3v) is 3.77. The highest BCUT2D eigenvalue weighted by molar-refractivity contribution is 5.64. The molecule has 1 aromatic rings. The highest BCUT2D eigenvalue weighted by Gasteiger charge is 2.28. The standard InChI is InChI=1S/C16H21NO/c17-16(13-18)11-9-15(10-12-16)8-4-7-14-5-2-1-3-6-14/h1-3,5-6,8,13H,4,7,9-12,17H2. The molecule has 0 amide bonds. The average Bonchev–Trinajstić information content (AvgIpc) is 2.42. The molecule has 0 unspecified atom stereocenters. The number of aryl methyl sites for hydroxylation is 1. The van der Waals surface area contributed by atoms with Gasteiger partial charge in [0.15, 0.2) is 0 Å². The van der Waals surface area contributed by atoms with E-state index >= 15 is 0 Å². The SMILES string of the molecule is NC1(C=O)CCC(=CCCc2ccccc2)CC1. The lowest BCUT2D eigenvalue weighted by Gasteiger charge is -2.29. The zero-order chi connectivity index (χ0) is 12.8. The number of hydrogen-bond donors (Lipinski definition) is 1. The molecule has 2 N–H and O–H groups in total. The Hall–Kier alpha value is -1.41. The highest BCUT2D eigenvalue weighted by atomic mass is 16.1. The van der Waals surface area contributed by atoms with Gasteiger partial charge in [0.05, 0.1) is 5.54 Å². The number of rotatable bonds is 4. The predicted molar refractivity (Wildman–Crippen MR) is 74.3 cm³/mol. The number of carbonyl (C=O) groups is 1. The topological polar surface area (TPSA) is 43.1 Å². The molecule has 18 heavy (non-hydrogen) atoms. The highest BCUT2D eigenvalue weighted by Crippen LogP contribution is 2.28. The molecule has 0 spiro atoms. The van der Waals surface area contributed by atoms with Crippen molar-refractivity contribution in [1.29, 1.82) is 0 Å². The van der Waals surface area contributed by atoms with Crippen molar-refractivity contribution in [3.05, 3.63) is 47.5 Å². The normalized spacial score (nSPS) is 23.7. The van der Waals surface area contributed by atoms with Crippen LogP contribution in [0.3, 0.4) is 0 Å². The lowest BCUT2D eigenvalue weighted by Crippen LogP contribution is -2.43. The van der Waals surface area contributed by atoms with Crippen LogP contribution in [0.2, 0.25) is 0 Å². The summed E-state index contributed by atoms with van der Waals surface area (Å²) in [6, 6.07) is 10.5. The Morgan fingerprint density at radius 3 is 2.44 bits per heavy atom. The maximum absolute atomic E-state index is 10.8. The zero-order valence-electron chi connectivity index (χ0n) is 10.8. The summed E-state index contributed by atoms with van der Waals surface area (Å²) in [4.78, 5) is 10.8. The van der Waals surface area contributed by atoms with Gasteiger partial charge in [-0.3, -0.25) is 0 Å². The molecule has 0 saturated heterocycles. The molecule has 0 aromatic heterocycles. The Kier molecular flexibility index (Phi) is 4.32. The van der Waals surface area contributed by atoms with Gasteiger partial charge in [0, 0.05) is 0 Å². The summed E-state index contributed by atoms with van der Waals surface area (Å²) in [6.07, 6.45) is 8.98. The maximum Gasteiger partial charge on any atom is 0.139 e. The first-order valence-corrected chi connectivity index (χ1v) is 6.69. The van der Waals surface area contributed by atoms with Crippen molar-refractivity contribution in [2.45, 2.75) is 44.1 Å². The van der Waals surface area contributed by atoms with Crippen LogP contribution in [0.5, 0.6) is 0 Å². The summed E-state index contributed by atoms with van der Waals surface area (Å²) in [5.74, 6) is 0. The number of aldehydes is 1. The van der Waals surface area contributed by atoms with Crippen LogP contribution in [-0.2, 0) is 11.2 Å². The Bertz CT molecular complexity index is 412. The van der Waals surface area contributed by atoms with Gasteiger partial charge in [0.25, 0.3) is 0 Å². The summed E-state index contributed by atoms with van der Waals surface area (Å²) in [7, 11) is 0. The molecule has 0 atom stereocenters. The van der Waals surface area contributed by atoms with E-state index in [4.69, 9.17) is 5.73 Å². The van der Waals surface area contributed by atoms with Gasteiger partial charge in [-0.05, 0) is 44.1 Å². The van der Waals surface area contributed by atoms with Crippen LogP contribution >= 0.6 is 0 Å². The Morgan fingerprint density at radius 2 is 1.83 bits per heavy atom. The fourth-order valence-corrected chi connectivity index (χ4v) is 2.45. The van der Waals surface area contributed by atoms with E-state index in [1.165, 1.54) is 11.1 Å². The van der Waals surface area contributed by atoms with Gasteiger partial charge in [0.1, 0.15) is 6.29 Å². The van der Waals surface area contributed by atoms with Crippen molar-refractivity contribution >= 4 is 6.29 Å². The molecule has 0 heterocycles. The average molecular weight is 243 g/mol. The molecule has 96 valence electrons. The first-order valence-electron chi connectivity index (χ1n) is 6.69. The van der Waals surface area contributed by atoms with Gasteiger partial charge in [-0.15, -0.1) is 0 Å². The molecule has 2 heteroatoms. The maximum atomic E-state index is 10.8. The minimum Gasteiger partial charge on any atom is -0.319 e. The van der Waals surface area contributed by atoms with Gasteiger partial charge in [-0.1, -0.05) is 42.0 Å². The first kappa shape index (κ1) is 13.0. The minimum atomic E-state index is -0.559. The number of allylic oxidation sites excluding steroid dienone is 2. The second-order valence-corrected chi connectivity index (χ2v) is 5.24. The minimum absolute atomic E-state index is 0.559. The Balaban J connectivity index is 1.80. The van der Waals surface area contributed by atoms with Gasteiger partial charge >= 0.3 is 0 Å². The Labute approximate surface area is 109 Å². The van der Waals surface area contributed by atoms with Crippen LogP contribution in [0.1, 0.15) is 37.7 Å². The molecule has 1 fully saturated rings. The third kappa shape index (κ3) is 3.54. The molecule has 0 radical (unpaired) electrons.